The molecule has 7 nitrogen and oxygen atoms in total. The summed E-state index contributed by atoms with van der Waals surface area (Å²) in [6, 6.07) is 15.7. The van der Waals surface area contributed by atoms with Crippen LogP contribution >= 0.6 is 0 Å². The maximum atomic E-state index is 12.9. The topological polar surface area (TPSA) is 73.9 Å². The average Bonchev–Trinajstić information content (AvgIpc) is 2.85. The van der Waals surface area contributed by atoms with Crippen molar-refractivity contribution in [1.82, 2.24) is 9.80 Å². The first-order valence-electron chi connectivity index (χ1n) is 12.8. The Morgan fingerprint density at radius 2 is 1.54 bits per heavy atom. The molecule has 0 saturated carbocycles. The van der Waals surface area contributed by atoms with Crippen LogP contribution in [0.2, 0.25) is 0 Å². The van der Waals surface area contributed by atoms with Gasteiger partial charge in [-0.25, -0.2) is 0 Å². The lowest BCUT2D eigenvalue weighted by Crippen LogP contribution is -2.49. The van der Waals surface area contributed by atoms with Crippen LogP contribution in [0.25, 0.3) is 0 Å². The number of piperidine rings is 2. The zero-order valence-electron chi connectivity index (χ0n) is 21.1. The average molecular weight is 479 g/mol. The maximum absolute atomic E-state index is 12.9. The van der Waals surface area contributed by atoms with E-state index in [1.165, 1.54) is 0 Å². The van der Waals surface area contributed by atoms with Crippen LogP contribution in [0.1, 0.15) is 56.3 Å². The third kappa shape index (κ3) is 6.54. The van der Waals surface area contributed by atoms with E-state index in [1.54, 1.807) is 24.3 Å². The van der Waals surface area contributed by atoms with Crippen molar-refractivity contribution in [1.29, 1.82) is 0 Å². The molecule has 2 heterocycles. The van der Waals surface area contributed by atoms with E-state index in [2.05, 4.69) is 36.4 Å². The number of nitrogens with one attached hydrogen (secondary N) is 2. The number of hydrogen-bond acceptors (Lipinski definition) is 5. The molecule has 0 aliphatic carbocycles. The van der Waals surface area contributed by atoms with Crippen molar-refractivity contribution in [2.75, 3.05) is 37.4 Å². The Balaban J connectivity index is 1.32. The highest BCUT2D eigenvalue weighted by Gasteiger charge is 2.29. The third-order valence-electron chi connectivity index (χ3n) is 7.21. The molecule has 2 fully saturated rings. The number of para-hydroxylation sites is 2. The summed E-state index contributed by atoms with van der Waals surface area (Å²) in [5, 5.41) is 6.63. The molecule has 7 heteroatoms. The van der Waals surface area contributed by atoms with Gasteiger partial charge < -0.3 is 25.2 Å². The summed E-state index contributed by atoms with van der Waals surface area (Å²) < 4.78 is 5.75. The van der Waals surface area contributed by atoms with Crippen LogP contribution in [0.4, 0.5) is 11.4 Å². The van der Waals surface area contributed by atoms with Gasteiger partial charge in [0, 0.05) is 23.7 Å². The molecular formula is C28H38N4O3. The molecule has 2 amide bonds. The highest BCUT2D eigenvalue weighted by atomic mass is 16.5. The molecule has 2 aromatic rings. The van der Waals surface area contributed by atoms with Crippen LogP contribution in [0.3, 0.4) is 0 Å². The molecule has 2 saturated heterocycles. The van der Waals surface area contributed by atoms with Crippen molar-refractivity contribution >= 4 is 23.2 Å². The lowest BCUT2D eigenvalue weighted by atomic mass is 9.97. The first-order valence-corrected chi connectivity index (χ1v) is 12.8. The van der Waals surface area contributed by atoms with Gasteiger partial charge in [-0.05, 0) is 102 Å². The predicted octanol–water partition coefficient (Wildman–Crippen LogP) is 4.61. The highest BCUT2D eigenvalue weighted by molar-refractivity contribution is 6.06. The Morgan fingerprint density at radius 1 is 0.914 bits per heavy atom. The molecule has 2 N–H and O–H groups in total. The van der Waals surface area contributed by atoms with E-state index >= 15 is 0 Å². The largest absolute Gasteiger partial charge is 0.484 e. The second kappa shape index (κ2) is 11.6. The number of rotatable bonds is 7. The summed E-state index contributed by atoms with van der Waals surface area (Å²) in [6.07, 6.45) is 5.40. The summed E-state index contributed by atoms with van der Waals surface area (Å²) in [7, 11) is 2.15. The van der Waals surface area contributed by atoms with Gasteiger partial charge in [0.15, 0.2) is 6.61 Å². The molecule has 0 radical (unpaired) electrons. The number of anilines is 2. The molecule has 2 atom stereocenters. The van der Waals surface area contributed by atoms with Crippen molar-refractivity contribution in [3.05, 3.63) is 54.1 Å². The first kappa shape index (κ1) is 25.0. The zero-order valence-corrected chi connectivity index (χ0v) is 21.1. The molecule has 4 rings (SSSR count). The van der Waals surface area contributed by atoms with Gasteiger partial charge in [0.1, 0.15) is 5.75 Å². The number of ether oxygens (including phenoxy) is 1. The van der Waals surface area contributed by atoms with Crippen LogP contribution in [-0.2, 0) is 4.79 Å². The minimum atomic E-state index is -0.179. The van der Waals surface area contributed by atoms with Gasteiger partial charge in [-0.3, -0.25) is 9.59 Å². The standard InChI is InChI=1S/C28H38N4O3/c1-20-7-6-8-21(2)32(20)27(33)19-35-24-13-11-22(12-14-24)28(34)30-26-10-5-4-9-25(26)29-23-15-17-31(3)18-16-23/h4-5,9-14,20-21,23,29H,6-8,15-19H2,1-3H3,(H,30,34). The van der Waals surface area contributed by atoms with E-state index in [0.717, 1.165) is 56.6 Å². The van der Waals surface area contributed by atoms with Gasteiger partial charge in [-0.2, -0.15) is 0 Å². The van der Waals surface area contributed by atoms with Gasteiger partial charge in [0.25, 0.3) is 11.8 Å². The molecular weight excluding hydrogens is 440 g/mol. The van der Waals surface area contributed by atoms with Crippen molar-refractivity contribution < 1.29 is 14.3 Å². The van der Waals surface area contributed by atoms with Crippen LogP contribution < -0.4 is 15.4 Å². The number of benzene rings is 2. The lowest BCUT2D eigenvalue weighted by Gasteiger charge is -2.38. The molecule has 0 bridgehead atoms. The first-order chi connectivity index (χ1) is 16.9. The van der Waals surface area contributed by atoms with Crippen LogP contribution in [0, 0.1) is 0 Å². The maximum Gasteiger partial charge on any atom is 0.260 e. The minimum absolute atomic E-state index is 0.0101. The number of nitrogens with zero attached hydrogens (tertiary/aromatic N) is 2. The predicted molar refractivity (Wildman–Crippen MR) is 140 cm³/mol. The van der Waals surface area contributed by atoms with Crippen LogP contribution in [0.5, 0.6) is 5.75 Å². The quantitative estimate of drug-likeness (QED) is 0.608. The van der Waals surface area contributed by atoms with E-state index in [4.69, 9.17) is 4.74 Å². The van der Waals surface area contributed by atoms with Gasteiger partial charge in [0.2, 0.25) is 0 Å². The molecule has 188 valence electrons. The van der Waals surface area contributed by atoms with Gasteiger partial charge in [-0.1, -0.05) is 12.1 Å². The number of likely N-dealkylation sites (tertiary alicyclic amines) is 2. The van der Waals surface area contributed by atoms with E-state index in [0.29, 0.717) is 17.4 Å². The van der Waals surface area contributed by atoms with E-state index in [1.807, 2.05) is 29.2 Å². The molecule has 2 aliphatic heterocycles. The Kier molecular flexibility index (Phi) is 8.29. The monoisotopic (exact) mass is 478 g/mol. The number of hydrogen-bond donors (Lipinski definition) is 2. The number of carbonyl (C=O) groups excluding carboxylic acids is 2. The van der Waals surface area contributed by atoms with Crippen LogP contribution in [-0.4, -0.2) is 66.5 Å². The number of amides is 2. The SMILES string of the molecule is CC1CCCC(C)N1C(=O)COc1ccc(C(=O)Nc2ccccc2NC2CCN(C)CC2)cc1. The van der Waals surface area contributed by atoms with Crippen molar-refractivity contribution in [2.24, 2.45) is 0 Å². The van der Waals surface area contributed by atoms with Crippen molar-refractivity contribution in [3.8, 4) is 5.75 Å². The fourth-order valence-electron chi connectivity index (χ4n) is 5.12. The van der Waals surface area contributed by atoms with Crippen molar-refractivity contribution in [3.63, 3.8) is 0 Å². The second-order valence-electron chi connectivity index (χ2n) is 9.96. The van der Waals surface area contributed by atoms with Gasteiger partial charge in [-0.15, -0.1) is 0 Å². The molecule has 35 heavy (non-hydrogen) atoms. The molecule has 0 spiro atoms. The fraction of sp³-hybridized carbons (Fsp3) is 0.500. The summed E-state index contributed by atoms with van der Waals surface area (Å²) in [6.45, 7) is 6.35. The van der Waals surface area contributed by atoms with Gasteiger partial charge in [0.05, 0.1) is 11.4 Å². The van der Waals surface area contributed by atoms with Crippen molar-refractivity contribution in [2.45, 2.75) is 64.1 Å². The molecule has 2 unspecified atom stereocenters. The lowest BCUT2D eigenvalue weighted by molar-refractivity contribution is -0.139. The summed E-state index contributed by atoms with van der Waals surface area (Å²) in [4.78, 5) is 29.9. The summed E-state index contributed by atoms with van der Waals surface area (Å²) >= 11 is 0. The molecule has 2 aliphatic rings. The Labute approximate surface area is 208 Å². The van der Waals surface area contributed by atoms with Gasteiger partial charge >= 0.3 is 0 Å². The Hall–Kier alpha value is -3.06. The number of carbonyl (C=O) groups is 2. The Bertz CT molecular complexity index is 992. The third-order valence-corrected chi connectivity index (χ3v) is 7.21. The molecule has 0 aromatic heterocycles. The smallest absolute Gasteiger partial charge is 0.260 e. The highest BCUT2D eigenvalue weighted by Crippen LogP contribution is 2.26. The van der Waals surface area contributed by atoms with Crippen LogP contribution in [0.15, 0.2) is 48.5 Å². The molecule has 2 aromatic carbocycles. The zero-order chi connectivity index (χ0) is 24.8. The van der Waals surface area contributed by atoms with E-state index < -0.39 is 0 Å². The second-order valence-corrected chi connectivity index (χ2v) is 9.96. The fourth-order valence-corrected chi connectivity index (χ4v) is 5.12. The normalized spacial score (nSPS) is 21.4. The van der Waals surface area contributed by atoms with E-state index in [9.17, 15) is 9.59 Å². The Morgan fingerprint density at radius 3 is 2.20 bits per heavy atom. The summed E-state index contributed by atoms with van der Waals surface area (Å²) in [5.74, 6) is 0.415. The van der Waals surface area contributed by atoms with E-state index in [-0.39, 0.29) is 30.5 Å². The summed E-state index contributed by atoms with van der Waals surface area (Å²) in [5.41, 5.74) is 2.25. The minimum Gasteiger partial charge on any atom is -0.484 e.